The highest BCUT2D eigenvalue weighted by molar-refractivity contribution is 6.05. The van der Waals surface area contributed by atoms with E-state index >= 15 is 0 Å². The number of hydrogen-bond acceptors (Lipinski definition) is 4. The van der Waals surface area contributed by atoms with Crippen LogP contribution >= 0.6 is 0 Å². The number of aromatic nitrogens is 1. The maximum absolute atomic E-state index is 12.4. The summed E-state index contributed by atoms with van der Waals surface area (Å²) in [6, 6.07) is 11.1. The number of nitrogens with one attached hydrogen (secondary N) is 1. The highest BCUT2D eigenvalue weighted by Gasteiger charge is 2.21. The van der Waals surface area contributed by atoms with E-state index in [1.807, 2.05) is 24.3 Å². The third kappa shape index (κ3) is 4.29. The first kappa shape index (κ1) is 15.5. The van der Waals surface area contributed by atoms with Gasteiger partial charge in [-0.1, -0.05) is 12.1 Å². The molecule has 1 fully saturated rings. The number of amides is 1. The van der Waals surface area contributed by atoms with Crippen molar-refractivity contribution in [2.45, 2.75) is 19.4 Å². The van der Waals surface area contributed by atoms with Crippen LogP contribution in [-0.2, 0) is 11.3 Å². The minimum Gasteiger partial charge on any atom is -0.480 e. The fourth-order valence-electron chi connectivity index (χ4n) is 2.29. The summed E-state index contributed by atoms with van der Waals surface area (Å²) in [6.45, 7) is 1.39. The number of pyridine rings is 1. The van der Waals surface area contributed by atoms with Crippen molar-refractivity contribution in [3.05, 3.63) is 53.7 Å². The van der Waals surface area contributed by atoms with Gasteiger partial charge in [0.2, 0.25) is 5.88 Å². The Bertz CT molecular complexity index is 683. The Morgan fingerprint density at radius 2 is 2.17 bits per heavy atom. The molecule has 23 heavy (non-hydrogen) atoms. The summed E-state index contributed by atoms with van der Waals surface area (Å²) in [4.78, 5) is 16.4. The van der Waals surface area contributed by atoms with E-state index in [4.69, 9.17) is 9.47 Å². The van der Waals surface area contributed by atoms with E-state index < -0.39 is 0 Å². The number of benzene rings is 1. The van der Waals surface area contributed by atoms with Gasteiger partial charge >= 0.3 is 0 Å². The van der Waals surface area contributed by atoms with E-state index in [1.54, 1.807) is 18.3 Å². The zero-order chi connectivity index (χ0) is 16.1. The third-order valence-corrected chi connectivity index (χ3v) is 3.71. The summed E-state index contributed by atoms with van der Waals surface area (Å²) in [5, 5.41) is 2.87. The Morgan fingerprint density at radius 3 is 2.96 bits per heavy atom. The molecule has 3 rings (SSSR count). The summed E-state index contributed by atoms with van der Waals surface area (Å²) < 4.78 is 10.8. The van der Waals surface area contributed by atoms with E-state index in [9.17, 15) is 4.79 Å². The molecule has 1 amide bonds. The van der Waals surface area contributed by atoms with Gasteiger partial charge in [0, 0.05) is 18.5 Å². The molecule has 1 aliphatic carbocycles. The number of carbonyl (C=O) groups is 1. The number of anilines is 1. The van der Waals surface area contributed by atoms with Crippen molar-refractivity contribution in [1.82, 2.24) is 4.98 Å². The molecule has 0 bridgehead atoms. The van der Waals surface area contributed by atoms with Gasteiger partial charge < -0.3 is 14.8 Å². The second kappa shape index (κ2) is 7.24. The summed E-state index contributed by atoms with van der Waals surface area (Å²) in [6.07, 6.45) is 4.15. The van der Waals surface area contributed by atoms with Crippen LogP contribution in [0.5, 0.6) is 5.88 Å². The quantitative estimate of drug-likeness (QED) is 0.852. The van der Waals surface area contributed by atoms with Gasteiger partial charge in [0.1, 0.15) is 5.56 Å². The molecule has 120 valence electrons. The lowest BCUT2D eigenvalue weighted by Crippen LogP contribution is -2.14. The van der Waals surface area contributed by atoms with E-state index in [-0.39, 0.29) is 5.91 Å². The fourth-order valence-corrected chi connectivity index (χ4v) is 2.29. The van der Waals surface area contributed by atoms with Crippen LogP contribution < -0.4 is 10.1 Å². The number of ether oxygens (including phenoxy) is 2. The zero-order valence-corrected chi connectivity index (χ0v) is 13.1. The first-order valence-corrected chi connectivity index (χ1v) is 7.73. The monoisotopic (exact) mass is 312 g/mol. The Kier molecular flexibility index (Phi) is 4.88. The number of hydrogen-bond donors (Lipinski definition) is 1. The summed E-state index contributed by atoms with van der Waals surface area (Å²) in [5.74, 6) is 0.816. The van der Waals surface area contributed by atoms with E-state index in [2.05, 4.69) is 10.3 Å². The average Bonchev–Trinajstić information content (AvgIpc) is 3.39. The Morgan fingerprint density at radius 1 is 1.30 bits per heavy atom. The molecule has 1 aromatic carbocycles. The minimum absolute atomic E-state index is 0.244. The molecule has 1 saturated carbocycles. The second-order valence-electron chi connectivity index (χ2n) is 5.67. The lowest BCUT2D eigenvalue weighted by molar-refractivity contribution is 0.102. The van der Waals surface area contributed by atoms with E-state index in [1.165, 1.54) is 20.0 Å². The molecule has 2 aromatic rings. The molecule has 0 aliphatic heterocycles. The van der Waals surface area contributed by atoms with Crippen LogP contribution in [0.4, 0.5) is 5.69 Å². The molecule has 5 heteroatoms. The topological polar surface area (TPSA) is 60.5 Å². The normalized spacial score (nSPS) is 13.6. The smallest absolute Gasteiger partial charge is 0.261 e. The summed E-state index contributed by atoms with van der Waals surface area (Å²) >= 11 is 0. The van der Waals surface area contributed by atoms with Gasteiger partial charge in [-0.2, -0.15) is 0 Å². The standard InChI is InChI=1S/C18H20N2O3/c1-22-18-16(6-3-9-19-18)17(21)20-15-5-2-4-14(10-15)12-23-11-13-7-8-13/h2-6,9-10,13H,7-8,11-12H2,1H3,(H,20,21). The first-order chi connectivity index (χ1) is 11.3. The predicted molar refractivity (Wildman–Crippen MR) is 87.6 cm³/mol. The van der Waals surface area contributed by atoms with Crippen molar-refractivity contribution in [1.29, 1.82) is 0 Å². The third-order valence-electron chi connectivity index (χ3n) is 3.71. The van der Waals surface area contributed by atoms with Gasteiger partial charge in [-0.3, -0.25) is 4.79 Å². The number of nitrogens with zero attached hydrogens (tertiary/aromatic N) is 1. The maximum atomic E-state index is 12.4. The molecule has 1 N–H and O–H groups in total. The van der Waals surface area contributed by atoms with Crippen LogP contribution in [0.1, 0.15) is 28.8 Å². The Labute approximate surface area is 135 Å². The molecule has 0 spiro atoms. The molecule has 0 saturated heterocycles. The number of methoxy groups -OCH3 is 1. The van der Waals surface area contributed by atoms with Crippen molar-refractivity contribution in [2.24, 2.45) is 5.92 Å². The molecule has 1 heterocycles. The average molecular weight is 312 g/mol. The molecular weight excluding hydrogens is 292 g/mol. The SMILES string of the molecule is COc1ncccc1C(=O)Nc1cccc(COCC2CC2)c1. The van der Waals surface area contributed by atoms with Crippen LogP contribution in [0.15, 0.2) is 42.6 Å². The molecule has 0 radical (unpaired) electrons. The van der Waals surface area contributed by atoms with Crippen LogP contribution in [0, 0.1) is 5.92 Å². The van der Waals surface area contributed by atoms with E-state index in [0.717, 1.165) is 23.8 Å². The van der Waals surface area contributed by atoms with Crippen LogP contribution in [0.25, 0.3) is 0 Å². The molecule has 0 unspecified atom stereocenters. The van der Waals surface area contributed by atoms with Gasteiger partial charge in [-0.05, 0) is 48.6 Å². The molecule has 5 nitrogen and oxygen atoms in total. The summed E-state index contributed by atoms with van der Waals surface area (Å²) in [7, 11) is 1.50. The summed E-state index contributed by atoms with van der Waals surface area (Å²) in [5.41, 5.74) is 2.18. The highest BCUT2D eigenvalue weighted by atomic mass is 16.5. The maximum Gasteiger partial charge on any atom is 0.261 e. The number of rotatable bonds is 7. The van der Waals surface area contributed by atoms with Gasteiger partial charge in [-0.15, -0.1) is 0 Å². The van der Waals surface area contributed by atoms with Crippen molar-refractivity contribution in [3.63, 3.8) is 0 Å². The highest BCUT2D eigenvalue weighted by Crippen LogP contribution is 2.29. The van der Waals surface area contributed by atoms with Gasteiger partial charge in [-0.25, -0.2) is 4.98 Å². The molecule has 1 aliphatic rings. The largest absolute Gasteiger partial charge is 0.480 e. The second-order valence-corrected chi connectivity index (χ2v) is 5.67. The minimum atomic E-state index is -0.244. The predicted octanol–water partition coefficient (Wildman–Crippen LogP) is 3.27. The van der Waals surface area contributed by atoms with Crippen molar-refractivity contribution >= 4 is 11.6 Å². The fraction of sp³-hybridized carbons (Fsp3) is 0.333. The Hall–Kier alpha value is -2.40. The van der Waals surface area contributed by atoms with Crippen LogP contribution in [0.2, 0.25) is 0 Å². The number of carbonyl (C=O) groups excluding carboxylic acids is 1. The van der Waals surface area contributed by atoms with Crippen molar-refractivity contribution in [3.8, 4) is 5.88 Å². The molecule has 0 atom stereocenters. The van der Waals surface area contributed by atoms with Crippen molar-refractivity contribution in [2.75, 3.05) is 19.0 Å². The zero-order valence-electron chi connectivity index (χ0n) is 13.1. The first-order valence-electron chi connectivity index (χ1n) is 7.73. The van der Waals surface area contributed by atoms with Gasteiger partial charge in [0.15, 0.2) is 0 Å². The van der Waals surface area contributed by atoms with Crippen LogP contribution in [0.3, 0.4) is 0 Å². The molecular formula is C18H20N2O3. The van der Waals surface area contributed by atoms with Gasteiger partial charge in [0.05, 0.1) is 13.7 Å². The van der Waals surface area contributed by atoms with E-state index in [0.29, 0.717) is 18.1 Å². The van der Waals surface area contributed by atoms with Crippen LogP contribution in [-0.4, -0.2) is 24.6 Å². The molecule has 1 aromatic heterocycles. The lowest BCUT2D eigenvalue weighted by atomic mass is 10.2. The lowest BCUT2D eigenvalue weighted by Gasteiger charge is -2.10. The van der Waals surface area contributed by atoms with Gasteiger partial charge in [0.25, 0.3) is 5.91 Å². The van der Waals surface area contributed by atoms with Crippen molar-refractivity contribution < 1.29 is 14.3 Å². The Balaban J connectivity index is 1.63.